The van der Waals surface area contributed by atoms with Gasteiger partial charge in [-0.3, -0.25) is 9.59 Å². The number of hydrogen-bond donors (Lipinski definition) is 0. The van der Waals surface area contributed by atoms with Gasteiger partial charge in [0.05, 0.1) is 70.7 Å². The molecule has 0 aromatic heterocycles. The Morgan fingerprint density at radius 3 is 1.81 bits per heavy atom. The van der Waals surface area contributed by atoms with Crippen LogP contribution in [-0.2, 0) is 0 Å². The summed E-state index contributed by atoms with van der Waals surface area (Å²) in [6.07, 6.45) is 0. The molecule has 0 heterocycles. The van der Waals surface area contributed by atoms with E-state index in [1.54, 1.807) is 12.1 Å². The fraction of sp³-hybridized carbons (Fsp3) is 0. The summed E-state index contributed by atoms with van der Waals surface area (Å²) in [5.74, 6) is 0. The second kappa shape index (κ2) is 9.35. The number of benzene rings is 2. The number of nitriles is 4. The van der Waals surface area contributed by atoms with E-state index in [1.807, 2.05) is 0 Å². The molecule has 36 heavy (non-hydrogen) atoms. The molecule has 0 aliphatic carbocycles. The topological polar surface area (TPSA) is 147 Å². The van der Waals surface area contributed by atoms with Gasteiger partial charge in [0.25, 0.3) is 0 Å². The minimum Gasteiger partial charge on any atom is -0.290 e. The maximum atomic E-state index is 13.3. The van der Waals surface area contributed by atoms with E-state index < -0.39 is 102 Å². The second-order valence-corrected chi connectivity index (χ2v) is 6.45. The fourth-order valence-electron chi connectivity index (χ4n) is 3.25. The summed E-state index contributed by atoms with van der Waals surface area (Å²) in [7, 11) is 0. The maximum absolute atomic E-state index is 13.3. The molecule has 3 aromatic carbocycles. The summed E-state index contributed by atoms with van der Waals surface area (Å²) in [5, 5.41) is 36.5. The Labute approximate surface area is 208 Å². The zero-order valence-electron chi connectivity index (χ0n) is 21.4. The molecule has 0 saturated carbocycles. The standard InChI is InChI=1S/C26H4N8O2/c1-31-16-7-15(11-29)20(19(8-16)33-3)17(12-30)22-25(35)23(26(22)36)24(34-4)21-14(10-28)5-13(9-27)6-18(21)32-2/h5-8H/i5D,6D,7D,8D. The van der Waals surface area contributed by atoms with Crippen molar-refractivity contribution >= 4 is 28.3 Å². The lowest BCUT2D eigenvalue weighted by atomic mass is 9.92. The first-order chi connectivity index (χ1) is 19.1. The Morgan fingerprint density at radius 1 is 0.750 bits per heavy atom. The fourth-order valence-corrected chi connectivity index (χ4v) is 3.25. The van der Waals surface area contributed by atoms with E-state index in [2.05, 4.69) is 19.4 Å². The molecule has 0 aliphatic heterocycles. The molecule has 0 fully saturated rings. The minimum absolute atomic E-state index is 0.643. The highest BCUT2D eigenvalue weighted by Gasteiger charge is 2.25. The number of hydrogen-bond acceptors (Lipinski definition) is 6. The van der Waals surface area contributed by atoms with Crippen LogP contribution in [0, 0.1) is 71.6 Å². The number of rotatable bonds is 2. The van der Waals surface area contributed by atoms with Gasteiger partial charge in [0.1, 0.15) is 0 Å². The van der Waals surface area contributed by atoms with Crippen LogP contribution in [0.1, 0.15) is 33.3 Å². The van der Waals surface area contributed by atoms with Crippen molar-refractivity contribution in [1.29, 1.82) is 21.0 Å². The van der Waals surface area contributed by atoms with Crippen LogP contribution in [0.15, 0.2) is 33.8 Å². The molecule has 160 valence electrons. The Bertz CT molecular complexity index is 2020. The van der Waals surface area contributed by atoms with E-state index in [1.165, 1.54) is 12.1 Å². The van der Waals surface area contributed by atoms with Crippen molar-refractivity contribution in [3.8, 4) is 24.3 Å². The zero-order chi connectivity index (χ0) is 30.0. The summed E-state index contributed by atoms with van der Waals surface area (Å²) in [6, 6.07) is 2.91. The van der Waals surface area contributed by atoms with E-state index in [0.717, 1.165) is 0 Å². The van der Waals surface area contributed by atoms with Crippen molar-refractivity contribution in [1.82, 2.24) is 0 Å². The molecule has 3 rings (SSSR count). The molecule has 10 heteroatoms. The van der Waals surface area contributed by atoms with Crippen molar-refractivity contribution in [3.05, 3.63) is 129 Å². The van der Waals surface area contributed by atoms with Crippen LogP contribution < -0.4 is 21.3 Å². The van der Waals surface area contributed by atoms with E-state index in [4.69, 9.17) is 31.8 Å². The first kappa shape index (κ1) is 18.7. The van der Waals surface area contributed by atoms with Gasteiger partial charge in [-0.2, -0.15) is 21.0 Å². The summed E-state index contributed by atoms with van der Waals surface area (Å²) in [6.45, 7) is 29.5. The van der Waals surface area contributed by atoms with E-state index in [-0.39, 0.29) is 0 Å². The first-order valence-electron chi connectivity index (χ1n) is 11.1. The van der Waals surface area contributed by atoms with Crippen molar-refractivity contribution in [2.24, 2.45) is 0 Å². The van der Waals surface area contributed by atoms with E-state index >= 15 is 0 Å². The predicted molar refractivity (Wildman–Crippen MR) is 124 cm³/mol. The minimum atomic E-state index is -1.28. The zero-order valence-corrected chi connectivity index (χ0v) is 17.4. The average molecular weight is 464 g/mol. The summed E-state index contributed by atoms with van der Waals surface area (Å²) >= 11 is 0. The van der Waals surface area contributed by atoms with E-state index in [0.29, 0.717) is 0 Å². The van der Waals surface area contributed by atoms with Crippen LogP contribution in [0.3, 0.4) is 0 Å². The lowest BCUT2D eigenvalue weighted by Gasteiger charge is -2.09. The Kier molecular flexibility index (Phi) is 4.86. The molecular formula is C26H4N8O2. The molecule has 0 saturated heterocycles. The Hall–Kier alpha value is -6.82. The van der Waals surface area contributed by atoms with Crippen molar-refractivity contribution in [3.63, 3.8) is 0 Å². The quantitative estimate of drug-likeness (QED) is 0.532. The Balaban J connectivity index is 2.70. The number of nitrogens with zero attached hydrogens (tertiary/aromatic N) is 8. The van der Waals surface area contributed by atoms with Crippen LogP contribution in [0.4, 0.5) is 17.1 Å². The SMILES string of the molecule is [2H]c1c(C#N)c([2H])c([N+]#[C-])c(C([N+]#[C-])=c2c(=O)c(=C(C#N)c3c(C#N)c([2H])c([N+]#[C-])c([2H])c3[N+]#[C-])c2=O)c1C#N. The monoisotopic (exact) mass is 464 g/mol. The second-order valence-electron chi connectivity index (χ2n) is 6.45. The third kappa shape index (κ3) is 3.48. The normalized spacial score (nSPS) is 10.7. The summed E-state index contributed by atoms with van der Waals surface area (Å²) in [4.78, 5) is 38.7. The molecule has 3 aromatic rings. The molecule has 0 N–H and O–H groups in total. The Morgan fingerprint density at radius 2 is 1.33 bits per heavy atom. The van der Waals surface area contributed by atoms with Gasteiger partial charge in [-0.25, -0.2) is 19.4 Å². The first-order valence-corrected chi connectivity index (χ1v) is 9.09. The van der Waals surface area contributed by atoms with E-state index in [9.17, 15) is 30.6 Å². The molecule has 0 unspecified atom stereocenters. The smallest absolute Gasteiger partial charge is 0.200 e. The molecule has 0 aliphatic rings. The molecular weight excluding hydrogens is 456 g/mol. The van der Waals surface area contributed by atoms with Gasteiger partial charge in [-0.1, -0.05) is 6.04 Å². The average Bonchev–Trinajstić information content (AvgIpc) is 2.94. The van der Waals surface area contributed by atoms with Crippen molar-refractivity contribution < 1.29 is 5.48 Å². The largest absolute Gasteiger partial charge is 0.290 e. The molecule has 10 nitrogen and oxygen atoms in total. The summed E-state index contributed by atoms with van der Waals surface area (Å²) in [5.41, 5.74) is -9.91. The summed E-state index contributed by atoms with van der Waals surface area (Å²) < 4.78 is 32.3. The van der Waals surface area contributed by atoms with Gasteiger partial charge in [-0.15, -0.1) is 0 Å². The van der Waals surface area contributed by atoms with Crippen molar-refractivity contribution in [2.45, 2.75) is 0 Å². The van der Waals surface area contributed by atoms with Crippen LogP contribution in [0.5, 0.6) is 0 Å². The highest BCUT2D eigenvalue weighted by Crippen LogP contribution is 2.33. The van der Waals surface area contributed by atoms with Crippen LogP contribution in [-0.4, -0.2) is 0 Å². The molecule has 0 bridgehead atoms. The van der Waals surface area contributed by atoms with Gasteiger partial charge in [0.15, 0.2) is 33.6 Å². The van der Waals surface area contributed by atoms with Gasteiger partial charge in [0.2, 0.25) is 0 Å². The van der Waals surface area contributed by atoms with Gasteiger partial charge >= 0.3 is 0 Å². The van der Waals surface area contributed by atoms with Crippen LogP contribution >= 0.6 is 0 Å². The lowest BCUT2D eigenvalue weighted by molar-refractivity contribution is 1.24. The maximum Gasteiger partial charge on any atom is 0.200 e. The highest BCUT2D eigenvalue weighted by molar-refractivity contribution is 5.90. The molecule has 0 atom stereocenters. The van der Waals surface area contributed by atoms with Crippen LogP contribution in [0.25, 0.3) is 30.7 Å². The third-order valence-electron chi connectivity index (χ3n) is 4.72. The van der Waals surface area contributed by atoms with Crippen LogP contribution in [0.2, 0.25) is 0 Å². The third-order valence-corrected chi connectivity index (χ3v) is 4.72. The molecule has 0 radical (unpaired) electrons. The highest BCUT2D eigenvalue weighted by atomic mass is 16.1. The lowest BCUT2D eigenvalue weighted by Crippen LogP contribution is -2.66. The van der Waals surface area contributed by atoms with Gasteiger partial charge in [-0.05, 0) is 18.1 Å². The van der Waals surface area contributed by atoms with Gasteiger partial charge in [0, 0.05) is 29.2 Å². The predicted octanol–water partition coefficient (Wildman–Crippen LogP) is 2.35. The van der Waals surface area contributed by atoms with Gasteiger partial charge < -0.3 is 0 Å². The van der Waals surface area contributed by atoms with Crippen molar-refractivity contribution in [2.75, 3.05) is 0 Å². The molecule has 0 amide bonds. The molecule has 0 spiro atoms.